The SMILES string of the molecule is CCCCCc1cc(C23CC4CC(C2)CC(c2ccc(O)c(CCCCC)c2)(C4)C3)ccc1O. The van der Waals surface area contributed by atoms with Crippen molar-refractivity contribution in [3.63, 3.8) is 0 Å². The van der Waals surface area contributed by atoms with E-state index in [2.05, 4.69) is 38.1 Å². The zero-order valence-corrected chi connectivity index (χ0v) is 21.4. The topological polar surface area (TPSA) is 40.5 Å². The molecule has 0 amide bonds. The highest BCUT2D eigenvalue weighted by atomic mass is 16.3. The highest BCUT2D eigenvalue weighted by Crippen LogP contribution is 2.66. The number of unbranched alkanes of at least 4 members (excludes halogenated alkanes) is 4. The van der Waals surface area contributed by atoms with Gasteiger partial charge in [0.05, 0.1) is 0 Å². The Morgan fingerprint density at radius 2 is 1.12 bits per heavy atom. The van der Waals surface area contributed by atoms with Gasteiger partial charge in [0.1, 0.15) is 11.5 Å². The first-order valence-electron chi connectivity index (χ1n) is 14.1. The zero-order chi connectivity index (χ0) is 23.8. The van der Waals surface area contributed by atoms with Crippen LogP contribution in [0.2, 0.25) is 0 Å². The van der Waals surface area contributed by atoms with Crippen LogP contribution in [0.3, 0.4) is 0 Å². The molecule has 184 valence electrons. The van der Waals surface area contributed by atoms with Gasteiger partial charge in [-0.3, -0.25) is 0 Å². The van der Waals surface area contributed by atoms with Crippen molar-refractivity contribution in [2.24, 2.45) is 11.8 Å². The van der Waals surface area contributed by atoms with Crippen LogP contribution < -0.4 is 0 Å². The number of aromatic hydroxyl groups is 2. The van der Waals surface area contributed by atoms with Gasteiger partial charge in [-0.25, -0.2) is 0 Å². The molecule has 4 bridgehead atoms. The Hall–Kier alpha value is -1.96. The molecule has 2 nitrogen and oxygen atoms in total. The molecule has 0 heterocycles. The second-order valence-electron chi connectivity index (χ2n) is 12.1. The molecule has 4 aliphatic rings. The molecule has 4 saturated carbocycles. The lowest BCUT2D eigenvalue weighted by Crippen LogP contribution is -2.56. The lowest BCUT2D eigenvalue weighted by Gasteiger charge is -2.63. The van der Waals surface area contributed by atoms with E-state index in [0.717, 1.165) is 48.6 Å². The van der Waals surface area contributed by atoms with Crippen LogP contribution >= 0.6 is 0 Å². The third kappa shape index (κ3) is 4.38. The first-order chi connectivity index (χ1) is 16.5. The van der Waals surface area contributed by atoms with Crippen LogP contribution in [0.15, 0.2) is 36.4 Å². The average molecular weight is 461 g/mol. The molecular weight excluding hydrogens is 416 g/mol. The minimum absolute atomic E-state index is 0.248. The summed E-state index contributed by atoms with van der Waals surface area (Å²) in [7, 11) is 0. The Labute approximate surface area is 206 Å². The van der Waals surface area contributed by atoms with Crippen molar-refractivity contribution in [1.29, 1.82) is 0 Å². The second-order valence-corrected chi connectivity index (χ2v) is 12.1. The van der Waals surface area contributed by atoms with Crippen LogP contribution in [0.4, 0.5) is 0 Å². The fraction of sp³-hybridized carbons (Fsp3) is 0.625. The van der Waals surface area contributed by atoms with Gasteiger partial charge in [0.15, 0.2) is 0 Å². The molecule has 34 heavy (non-hydrogen) atoms. The van der Waals surface area contributed by atoms with Crippen LogP contribution in [-0.4, -0.2) is 10.2 Å². The minimum atomic E-state index is 0.248. The lowest BCUT2D eigenvalue weighted by molar-refractivity contribution is -0.0282. The largest absolute Gasteiger partial charge is 0.508 e. The maximum Gasteiger partial charge on any atom is 0.118 e. The number of hydrogen-bond donors (Lipinski definition) is 2. The van der Waals surface area contributed by atoms with Gasteiger partial charge in [-0.1, -0.05) is 63.8 Å². The summed E-state index contributed by atoms with van der Waals surface area (Å²) >= 11 is 0. The Morgan fingerprint density at radius 1 is 0.676 bits per heavy atom. The zero-order valence-electron chi connectivity index (χ0n) is 21.4. The molecule has 0 atom stereocenters. The molecule has 0 saturated heterocycles. The molecule has 4 aliphatic carbocycles. The molecule has 0 aliphatic heterocycles. The molecule has 6 rings (SSSR count). The maximum atomic E-state index is 10.6. The molecule has 0 radical (unpaired) electrons. The van der Waals surface area contributed by atoms with E-state index in [1.165, 1.54) is 75.3 Å². The van der Waals surface area contributed by atoms with E-state index >= 15 is 0 Å². The monoisotopic (exact) mass is 460 g/mol. The summed E-state index contributed by atoms with van der Waals surface area (Å²) in [6.45, 7) is 4.48. The van der Waals surface area contributed by atoms with Gasteiger partial charge in [0.2, 0.25) is 0 Å². The summed E-state index contributed by atoms with van der Waals surface area (Å²) in [4.78, 5) is 0. The third-order valence-corrected chi connectivity index (χ3v) is 9.54. The summed E-state index contributed by atoms with van der Waals surface area (Å²) in [5.74, 6) is 2.57. The van der Waals surface area contributed by atoms with Crippen molar-refractivity contribution in [3.05, 3.63) is 58.7 Å². The number of aryl methyl sites for hydroxylation is 2. The molecular formula is C32H44O2. The molecule has 2 heteroatoms. The summed E-state index contributed by atoms with van der Waals surface area (Å²) in [6.07, 6.45) is 17.0. The fourth-order valence-electron chi connectivity index (χ4n) is 8.30. The van der Waals surface area contributed by atoms with E-state index in [0.29, 0.717) is 11.5 Å². The van der Waals surface area contributed by atoms with Crippen molar-refractivity contribution in [2.75, 3.05) is 0 Å². The second kappa shape index (κ2) is 9.59. The number of phenolic OH excluding ortho intramolecular Hbond substituents is 2. The Balaban J connectivity index is 1.46. The molecule has 0 spiro atoms. The number of rotatable bonds is 10. The molecule has 0 aromatic heterocycles. The predicted octanol–water partition coefficient (Wildman–Crippen LogP) is 8.35. The normalized spacial score (nSPS) is 29.6. The maximum absolute atomic E-state index is 10.6. The van der Waals surface area contributed by atoms with E-state index in [-0.39, 0.29) is 10.8 Å². The van der Waals surface area contributed by atoms with Crippen molar-refractivity contribution < 1.29 is 10.2 Å². The molecule has 4 fully saturated rings. The van der Waals surface area contributed by atoms with Gasteiger partial charge in [-0.15, -0.1) is 0 Å². The number of hydrogen-bond acceptors (Lipinski definition) is 2. The van der Waals surface area contributed by atoms with Crippen molar-refractivity contribution >= 4 is 0 Å². The van der Waals surface area contributed by atoms with Crippen LogP contribution in [-0.2, 0) is 23.7 Å². The van der Waals surface area contributed by atoms with Crippen LogP contribution in [0.25, 0.3) is 0 Å². The summed E-state index contributed by atoms with van der Waals surface area (Å²) in [6, 6.07) is 13.2. The van der Waals surface area contributed by atoms with Gasteiger partial charge >= 0.3 is 0 Å². The number of benzene rings is 2. The Bertz CT molecular complexity index is 915. The fourth-order valence-corrected chi connectivity index (χ4v) is 8.30. The van der Waals surface area contributed by atoms with E-state index in [1.807, 2.05) is 12.1 Å². The quantitative estimate of drug-likeness (QED) is 0.350. The first-order valence-corrected chi connectivity index (χ1v) is 14.1. The minimum Gasteiger partial charge on any atom is -0.508 e. The van der Waals surface area contributed by atoms with Crippen LogP contribution in [0, 0.1) is 11.8 Å². The third-order valence-electron chi connectivity index (χ3n) is 9.54. The summed E-state index contributed by atoms with van der Waals surface area (Å²) < 4.78 is 0. The van der Waals surface area contributed by atoms with Gasteiger partial charge in [-0.05, 0) is 121 Å². The van der Waals surface area contributed by atoms with Crippen LogP contribution in [0.1, 0.15) is 113 Å². The molecule has 2 N–H and O–H groups in total. The highest BCUT2D eigenvalue weighted by Gasteiger charge is 2.58. The van der Waals surface area contributed by atoms with Gasteiger partial charge in [-0.2, -0.15) is 0 Å². The molecule has 2 aromatic carbocycles. The van der Waals surface area contributed by atoms with E-state index < -0.39 is 0 Å². The van der Waals surface area contributed by atoms with Crippen molar-refractivity contribution in [2.45, 2.75) is 115 Å². The Morgan fingerprint density at radius 3 is 1.53 bits per heavy atom. The van der Waals surface area contributed by atoms with E-state index in [9.17, 15) is 10.2 Å². The summed E-state index contributed by atoms with van der Waals surface area (Å²) in [5.41, 5.74) is 5.77. The van der Waals surface area contributed by atoms with Crippen molar-refractivity contribution in [1.82, 2.24) is 0 Å². The van der Waals surface area contributed by atoms with Gasteiger partial charge < -0.3 is 10.2 Å². The molecule has 0 unspecified atom stereocenters. The number of phenols is 2. The van der Waals surface area contributed by atoms with Gasteiger partial charge in [0, 0.05) is 0 Å². The lowest BCUT2D eigenvalue weighted by atomic mass is 9.41. The average Bonchev–Trinajstić information content (AvgIpc) is 2.81. The smallest absolute Gasteiger partial charge is 0.118 e. The van der Waals surface area contributed by atoms with Gasteiger partial charge in [0.25, 0.3) is 0 Å². The summed E-state index contributed by atoms with van der Waals surface area (Å²) in [5, 5.41) is 21.1. The predicted molar refractivity (Wildman–Crippen MR) is 141 cm³/mol. The van der Waals surface area contributed by atoms with E-state index in [1.54, 1.807) is 0 Å². The Kier molecular flexibility index (Phi) is 6.70. The van der Waals surface area contributed by atoms with Crippen molar-refractivity contribution in [3.8, 4) is 11.5 Å². The highest BCUT2D eigenvalue weighted by molar-refractivity contribution is 5.45. The molecule has 2 aromatic rings. The standard InChI is InChI=1S/C32H44O2/c1-3-5-7-9-25-16-27(11-13-29(25)33)31-18-23-15-24(19-31)21-32(20-23,22-31)28-12-14-30(34)26(17-28)10-8-6-4-2/h11-14,16-17,23-24,33-34H,3-10,15,18-22H2,1-2H3. The van der Waals surface area contributed by atoms with E-state index in [4.69, 9.17) is 0 Å². The van der Waals surface area contributed by atoms with Crippen LogP contribution in [0.5, 0.6) is 11.5 Å². The first kappa shape index (κ1) is 23.8.